The van der Waals surface area contributed by atoms with Crippen molar-refractivity contribution >= 4 is 5.69 Å². The quantitative estimate of drug-likeness (QED) is 0.490. The molecule has 1 saturated heterocycles. The fraction of sp³-hybridized carbons (Fsp3) is 0.647. The molecular weight excluding hydrogens is 310 g/mol. The molecule has 1 aliphatic heterocycles. The lowest BCUT2D eigenvalue weighted by Gasteiger charge is -2.35. The molecule has 2 rings (SSSR count). The number of non-ortho nitro benzene ring substituents is 1. The van der Waals surface area contributed by atoms with Crippen LogP contribution in [0.2, 0.25) is 0 Å². The number of nitrogens with zero attached hydrogens (tertiary/aromatic N) is 2. The molecule has 2 atom stereocenters. The Kier molecular flexibility index (Phi) is 7.11. The monoisotopic (exact) mass is 337 g/mol. The van der Waals surface area contributed by atoms with Gasteiger partial charge in [0.25, 0.3) is 5.69 Å². The van der Waals surface area contributed by atoms with Gasteiger partial charge in [0, 0.05) is 18.2 Å². The van der Waals surface area contributed by atoms with Crippen LogP contribution in [0.15, 0.2) is 24.3 Å². The summed E-state index contributed by atoms with van der Waals surface area (Å²) >= 11 is 0. The van der Waals surface area contributed by atoms with Crippen molar-refractivity contribution in [2.24, 2.45) is 0 Å². The van der Waals surface area contributed by atoms with Crippen LogP contribution in [0.25, 0.3) is 0 Å². The summed E-state index contributed by atoms with van der Waals surface area (Å²) in [7, 11) is 0. The molecule has 1 fully saturated rings. The zero-order chi connectivity index (χ0) is 17.5. The second kappa shape index (κ2) is 9.08. The predicted octanol–water partition coefficient (Wildman–Crippen LogP) is 1.45. The maximum absolute atomic E-state index is 10.7. The Balaban J connectivity index is 1.92. The van der Waals surface area contributed by atoms with E-state index in [2.05, 4.69) is 17.1 Å². The van der Waals surface area contributed by atoms with E-state index in [-0.39, 0.29) is 18.3 Å². The predicted molar refractivity (Wildman–Crippen MR) is 91.8 cm³/mol. The number of likely N-dealkylation sites (tertiary alicyclic amines) is 1. The third-order valence-electron chi connectivity index (χ3n) is 4.60. The van der Waals surface area contributed by atoms with Gasteiger partial charge in [-0.25, -0.2) is 0 Å². The SMILES string of the molecule is CCCN1CCC(NC(CO)C(O)c2ccc([N+](=O)[O-])cc2)CC1. The van der Waals surface area contributed by atoms with Crippen molar-refractivity contribution in [2.75, 3.05) is 26.2 Å². The van der Waals surface area contributed by atoms with Crippen LogP contribution in [0.1, 0.15) is 37.9 Å². The smallest absolute Gasteiger partial charge is 0.269 e. The molecule has 0 saturated carbocycles. The van der Waals surface area contributed by atoms with E-state index in [0.29, 0.717) is 5.56 Å². The number of hydrogen-bond acceptors (Lipinski definition) is 6. The number of nitro benzene ring substituents is 1. The first kappa shape index (κ1) is 18.8. The minimum atomic E-state index is -0.899. The van der Waals surface area contributed by atoms with Gasteiger partial charge in [-0.2, -0.15) is 0 Å². The molecule has 0 aliphatic carbocycles. The van der Waals surface area contributed by atoms with Gasteiger partial charge in [-0.05, 0) is 56.6 Å². The molecule has 0 amide bonds. The Hall–Kier alpha value is -1.54. The van der Waals surface area contributed by atoms with Crippen LogP contribution in [-0.4, -0.2) is 58.4 Å². The molecule has 3 N–H and O–H groups in total. The van der Waals surface area contributed by atoms with E-state index in [9.17, 15) is 20.3 Å². The molecule has 7 heteroatoms. The van der Waals surface area contributed by atoms with Crippen molar-refractivity contribution in [2.45, 2.75) is 44.4 Å². The summed E-state index contributed by atoms with van der Waals surface area (Å²) in [5.41, 5.74) is 0.554. The van der Waals surface area contributed by atoms with Crippen LogP contribution < -0.4 is 5.32 Å². The molecule has 24 heavy (non-hydrogen) atoms. The highest BCUT2D eigenvalue weighted by Gasteiger charge is 2.26. The Morgan fingerprint density at radius 3 is 2.46 bits per heavy atom. The second-order valence-electron chi connectivity index (χ2n) is 6.37. The highest BCUT2D eigenvalue weighted by Crippen LogP contribution is 2.22. The average Bonchev–Trinajstić information content (AvgIpc) is 2.61. The first-order valence-electron chi connectivity index (χ1n) is 8.56. The first-order valence-corrected chi connectivity index (χ1v) is 8.56. The number of nitro groups is 1. The van der Waals surface area contributed by atoms with E-state index in [1.165, 1.54) is 24.3 Å². The molecule has 0 radical (unpaired) electrons. The van der Waals surface area contributed by atoms with Crippen molar-refractivity contribution in [1.29, 1.82) is 0 Å². The highest BCUT2D eigenvalue weighted by atomic mass is 16.6. The first-order chi connectivity index (χ1) is 11.5. The van der Waals surface area contributed by atoms with E-state index in [0.717, 1.165) is 38.9 Å². The summed E-state index contributed by atoms with van der Waals surface area (Å²) < 4.78 is 0. The lowest BCUT2D eigenvalue weighted by atomic mass is 9.98. The van der Waals surface area contributed by atoms with Gasteiger partial charge < -0.3 is 20.4 Å². The average molecular weight is 337 g/mol. The summed E-state index contributed by atoms with van der Waals surface area (Å²) in [4.78, 5) is 12.7. The van der Waals surface area contributed by atoms with Crippen molar-refractivity contribution in [3.63, 3.8) is 0 Å². The van der Waals surface area contributed by atoms with Gasteiger partial charge in [0.15, 0.2) is 0 Å². The zero-order valence-corrected chi connectivity index (χ0v) is 14.1. The molecule has 134 valence electrons. The van der Waals surface area contributed by atoms with Crippen LogP contribution in [-0.2, 0) is 0 Å². The van der Waals surface area contributed by atoms with E-state index in [4.69, 9.17) is 0 Å². The number of rotatable bonds is 8. The van der Waals surface area contributed by atoms with Crippen LogP contribution in [0.4, 0.5) is 5.69 Å². The summed E-state index contributed by atoms with van der Waals surface area (Å²) in [5, 5.41) is 34.1. The largest absolute Gasteiger partial charge is 0.395 e. The maximum Gasteiger partial charge on any atom is 0.269 e. The molecule has 2 unspecified atom stereocenters. The van der Waals surface area contributed by atoms with Gasteiger partial charge in [-0.1, -0.05) is 6.92 Å². The Morgan fingerprint density at radius 2 is 1.96 bits per heavy atom. The van der Waals surface area contributed by atoms with Crippen molar-refractivity contribution in [1.82, 2.24) is 10.2 Å². The normalized spacial score (nSPS) is 19.1. The Morgan fingerprint density at radius 1 is 1.33 bits per heavy atom. The summed E-state index contributed by atoms with van der Waals surface area (Å²) in [6.07, 6.45) is 2.23. The number of aliphatic hydroxyl groups is 2. The number of benzene rings is 1. The van der Waals surface area contributed by atoms with Crippen LogP contribution in [0.5, 0.6) is 0 Å². The van der Waals surface area contributed by atoms with Gasteiger partial charge in [0.2, 0.25) is 0 Å². The van der Waals surface area contributed by atoms with Gasteiger partial charge in [0.05, 0.1) is 23.7 Å². The molecule has 1 aromatic carbocycles. The number of hydrogen-bond donors (Lipinski definition) is 3. The van der Waals surface area contributed by atoms with E-state index < -0.39 is 17.1 Å². The highest BCUT2D eigenvalue weighted by molar-refractivity contribution is 5.34. The fourth-order valence-corrected chi connectivity index (χ4v) is 3.21. The van der Waals surface area contributed by atoms with Gasteiger partial charge >= 0.3 is 0 Å². The molecule has 0 bridgehead atoms. The van der Waals surface area contributed by atoms with E-state index in [1.54, 1.807) is 0 Å². The summed E-state index contributed by atoms with van der Waals surface area (Å²) in [6, 6.07) is 5.61. The van der Waals surface area contributed by atoms with Crippen LogP contribution >= 0.6 is 0 Å². The van der Waals surface area contributed by atoms with Crippen molar-refractivity contribution < 1.29 is 15.1 Å². The minimum absolute atomic E-state index is 0.0113. The van der Waals surface area contributed by atoms with Crippen LogP contribution in [0.3, 0.4) is 0 Å². The second-order valence-corrected chi connectivity index (χ2v) is 6.37. The van der Waals surface area contributed by atoms with Gasteiger partial charge in [-0.3, -0.25) is 10.1 Å². The van der Waals surface area contributed by atoms with E-state index >= 15 is 0 Å². The lowest BCUT2D eigenvalue weighted by Crippen LogP contribution is -2.49. The Labute approximate surface area is 142 Å². The molecule has 1 aliphatic rings. The maximum atomic E-state index is 10.7. The topological polar surface area (TPSA) is 98.9 Å². The molecule has 1 heterocycles. The third kappa shape index (κ3) is 4.98. The fourth-order valence-electron chi connectivity index (χ4n) is 3.21. The number of aliphatic hydroxyl groups excluding tert-OH is 2. The molecular formula is C17H27N3O4. The summed E-state index contributed by atoms with van der Waals surface area (Å²) in [6.45, 7) is 5.15. The molecule has 1 aromatic rings. The lowest BCUT2D eigenvalue weighted by molar-refractivity contribution is -0.384. The van der Waals surface area contributed by atoms with E-state index in [1.807, 2.05) is 0 Å². The van der Waals surface area contributed by atoms with Crippen molar-refractivity contribution in [3.05, 3.63) is 39.9 Å². The minimum Gasteiger partial charge on any atom is -0.395 e. The van der Waals surface area contributed by atoms with Crippen molar-refractivity contribution in [3.8, 4) is 0 Å². The van der Waals surface area contributed by atoms with Gasteiger partial charge in [-0.15, -0.1) is 0 Å². The summed E-state index contributed by atoms with van der Waals surface area (Å²) in [5.74, 6) is 0. The third-order valence-corrected chi connectivity index (χ3v) is 4.60. The molecule has 7 nitrogen and oxygen atoms in total. The molecule has 0 aromatic heterocycles. The molecule has 0 spiro atoms. The van der Waals surface area contributed by atoms with Crippen LogP contribution in [0, 0.1) is 10.1 Å². The zero-order valence-electron chi connectivity index (χ0n) is 14.1. The number of piperidine rings is 1. The Bertz CT molecular complexity index is 515. The number of nitrogens with one attached hydrogen (secondary N) is 1. The standard InChI is InChI=1S/C17H27N3O4/c1-2-9-19-10-7-14(8-11-19)18-16(12-21)17(22)13-3-5-15(6-4-13)20(23)24/h3-6,14,16-18,21-22H,2,7-12H2,1H3. The van der Waals surface area contributed by atoms with Gasteiger partial charge in [0.1, 0.15) is 0 Å².